The van der Waals surface area contributed by atoms with Gasteiger partial charge < -0.3 is 4.18 Å². The Kier molecular flexibility index (Phi) is 4.19. The van der Waals surface area contributed by atoms with Gasteiger partial charge in [-0.05, 0) is 12.8 Å². The van der Waals surface area contributed by atoms with Crippen LogP contribution in [0.25, 0.3) is 0 Å². The van der Waals surface area contributed by atoms with Gasteiger partial charge in [-0.2, -0.15) is 8.42 Å². The number of rotatable bonds is 4. The molecule has 0 rings (SSSR count). The minimum absolute atomic E-state index is 0.466. The van der Waals surface area contributed by atoms with Gasteiger partial charge in [0, 0.05) is 0 Å². The fourth-order valence-electron chi connectivity index (χ4n) is 0.794. The average molecular weight is 196 g/mol. The van der Waals surface area contributed by atoms with Gasteiger partial charge in [-0.25, -0.2) is 0 Å². The Morgan fingerprint density at radius 2 is 1.83 bits per heavy atom. The van der Waals surface area contributed by atoms with Crippen molar-refractivity contribution >= 4 is 16.4 Å². The second-order valence-corrected chi connectivity index (χ2v) is 3.37. The van der Waals surface area contributed by atoms with Crippen molar-refractivity contribution in [2.45, 2.75) is 26.7 Å². The van der Waals surface area contributed by atoms with Crippen LogP contribution < -0.4 is 0 Å². The molecule has 0 radical (unpaired) electrons. The van der Waals surface area contributed by atoms with Gasteiger partial charge in [0.15, 0.2) is 0 Å². The van der Waals surface area contributed by atoms with E-state index in [0.29, 0.717) is 12.8 Å². The van der Waals surface area contributed by atoms with Crippen molar-refractivity contribution in [1.29, 1.82) is 0 Å². The fourth-order valence-corrected chi connectivity index (χ4v) is 1.14. The number of hydrogen-bond acceptors (Lipinski definition) is 4. The highest BCUT2D eigenvalue weighted by Crippen LogP contribution is 2.10. The summed E-state index contributed by atoms with van der Waals surface area (Å²) in [5.74, 6) is -1.37. The molecule has 1 N–H and O–H groups in total. The Hall–Kier alpha value is -0.620. The van der Waals surface area contributed by atoms with E-state index in [2.05, 4.69) is 4.18 Å². The van der Waals surface area contributed by atoms with Crippen LogP contribution in [-0.4, -0.2) is 18.9 Å². The predicted octanol–water partition coefficient (Wildman–Crippen LogP) is 0.769. The van der Waals surface area contributed by atoms with Gasteiger partial charge in [0.05, 0.1) is 5.92 Å². The van der Waals surface area contributed by atoms with E-state index in [-0.39, 0.29) is 0 Å². The molecule has 0 aliphatic heterocycles. The summed E-state index contributed by atoms with van der Waals surface area (Å²) in [6, 6.07) is 0. The SMILES string of the molecule is CCC(CC)C(=O)OS(=O)(=O)O. The van der Waals surface area contributed by atoms with Gasteiger partial charge in [-0.15, -0.1) is 0 Å². The Balaban J connectivity index is 4.21. The van der Waals surface area contributed by atoms with Crippen molar-refractivity contribution in [3.8, 4) is 0 Å². The minimum Gasteiger partial charge on any atom is -0.325 e. The largest absolute Gasteiger partial charge is 0.448 e. The van der Waals surface area contributed by atoms with Crippen LogP contribution in [0, 0.1) is 5.92 Å². The van der Waals surface area contributed by atoms with Crippen LogP contribution in [0.5, 0.6) is 0 Å². The Labute approximate surface area is 71.7 Å². The molecule has 0 atom stereocenters. The zero-order valence-electron chi connectivity index (χ0n) is 6.98. The highest BCUT2D eigenvalue weighted by molar-refractivity contribution is 7.81. The van der Waals surface area contributed by atoms with Crippen LogP contribution >= 0.6 is 0 Å². The van der Waals surface area contributed by atoms with Crippen molar-refractivity contribution in [3.05, 3.63) is 0 Å². The average Bonchev–Trinajstić information content (AvgIpc) is 1.85. The number of carbonyl (C=O) groups is 1. The molecule has 0 aromatic heterocycles. The maximum Gasteiger partial charge on any atom is 0.448 e. The lowest BCUT2D eigenvalue weighted by Crippen LogP contribution is -2.19. The van der Waals surface area contributed by atoms with E-state index < -0.39 is 22.3 Å². The van der Waals surface area contributed by atoms with Crippen LogP contribution in [0.3, 0.4) is 0 Å². The van der Waals surface area contributed by atoms with E-state index in [0.717, 1.165) is 0 Å². The Morgan fingerprint density at radius 1 is 1.42 bits per heavy atom. The van der Waals surface area contributed by atoms with E-state index in [9.17, 15) is 13.2 Å². The lowest BCUT2D eigenvalue weighted by Gasteiger charge is -2.08. The molecule has 72 valence electrons. The molecule has 0 aromatic rings. The van der Waals surface area contributed by atoms with Gasteiger partial charge in [0.2, 0.25) is 0 Å². The van der Waals surface area contributed by atoms with Gasteiger partial charge in [-0.1, -0.05) is 13.8 Å². The molecule has 0 saturated heterocycles. The highest BCUT2D eigenvalue weighted by Gasteiger charge is 2.20. The topological polar surface area (TPSA) is 80.7 Å². The summed E-state index contributed by atoms with van der Waals surface area (Å²) in [7, 11) is -4.64. The van der Waals surface area contributed by atoms with Gasteiger partial charge >= 0.3 is 16.4 Å². The van der Waals surface area contributed by atoms with Crippen LogP contribution in [0.2, 0.25) is 0 Å². The molecule has 0 aromatic carbocycles. The summed E-state index contributed by atoms with van der Waals surface area (Å²) in [6.45, 7) is 3.47. The van der Waals surface area contributed by atoms with Crippen molar-refractivity contribution < 1.29 is 21.9 Å². The third-order valence-electron chi connectivity index (χ3n) is 1.51. The molecule has 0 fully saturated rings. The summed E-state index contributed by atoms with van der Waals surface area (Å²) in [5.41, 5.74) is 0. The molecule has 0 saturated carbocycles. The first-order chi connectivity index (χ1) is 5.40. The summed E-state index contributed by atoms with van der Waals surface area (Å²) < 4.78 is 32.1. The Bertz CT molecular complexity index is 239. The molecular weight excluding hydrogens is 184 g/mol. The van der Waals surface area contributed by atoms with E-state index in [1.54, 1.807) is 13.8 Å². The molecule has 0 aliphatic rings. The zero-order valence-corrected chi connectivity index (χ0v) is 7.80. The molecule has 0 bridgehead atoms. The molecular formula is C6H12O5S. The summed E-state index contributed by atoms with van der Waals surface area (Å²) in [5, 5.41) is 0. The van der Waals surface area contributed by atoms with Crippen LogP contribution in [0.15, 0.2) is 0 Å². The van der Waals surface area contributed by atoms with Crippen molar-refractivity contribution in [1.82, 2.24) is 0 Å². The summed E-state index contributed by atoms with van der Waals surface area (Å²) >= 11 is 0. The maximum absolute atomic E-state index is 10.9. The molecule has 12 heavy (non-hydrogen) atoms. The fraction of sp³-hybridized carbons (Fsp3) is 0.833. The molecule has 0 amide bonds. The van der Waals surface area contributed by atoms with E-state index >= 15 is 0 Å². The van der Waals surface area contributed by atoms with Gasteiger partial charge in [0.1, 0.15) is 0 Å². The molecule has 6 heteroatoms. The van der Waals surface area contributed by atoms with Crippen LogP contribution in [-0.2, 0) is 19.4 Å². The third kappa shape index (κ3) is 4.30. The van der Waals surface area contributed by atoms with E-state index in [1.807, 2.05) is 0 Å². The smallest absolute Gasteiger partial charge is 0.325 e. The molecule has 5 nitrogen and oxygen atoms in total. The summed E-state index contributed by atoms with van der Waals surface area (Å²) in [4.78, 5) is 10.9. The third-order valence-corrected chi connectivity index (χ3v) is 1.88. The Morgan fingerprint density at radius 3 is 2.08 bits per heavy atom. The second kappa shape index (κ2) is 4.42. The quantitative estimate of drug-likeness (QED) is 0.671. The number of carbonyl (C=O) groups excluding carboxylic acids is 1. The normalized spacial score (nSPS) is 11.7. The first-order valence-corrected chi connectivity index (χ1v) is 4.98. The van der Waals surface area contributed by atoms with Crippen molar-refractivity contribution in [2.24, 2.45) is 5.92 Å². The predicted molar refractivity (Wildman–Crippen MR) is 41.7 cm³/mol. The van der Waals surface area contributed by atoms with E-state index in [4.69, 9.17) is 4.55 Å². The minimum atomic E-state index is -4.64. The highest BCUT2D eigenvalue weighted by atomic mass is 32.3. The van der Waals surface area contributed by atoms with Crippen LogP contribution in [0.1, 0.15) is 26.7 Å². The summed E-state index contributed by atoms with van der Waals surface area (Å²) in [6.07, 6.45) is 0.982. The molecule has 0 spiro atoms. The lowest BCUT2D eigenvalue weighted by molar-refractivity contribution is -0.139. The molecule has 0 heterocycles. The first-order valence-electron chi connectivity index (χ1n) is 3.61. The maximum atomic E-state index is 10.9. The molecule has 0 unspecified atom stereocenters. The lowest BCUT2D eigenvalue weighted by atomic mass is 10.0. The van der Waals surface area contributed by atoms with E-state index in [1.165, 1.54) is 0 Å². The number of hydrogen-bond donors (Lipinski definition) is 1. The monoisotopic (exact) mass is 196 g/mol. The zero-order chi connectivity index (χ0) is 9.78. The molecule has 0 aliphatic carbocycles. The second-order valence-electron chi connectivity index (χ2n) is 2.34. The first kappa shape index (κ1) is 11.4. The standard InChI is InChI=1S/C6H12O5S/c1-3-5(4-2)6(7)11-12(8,9)10/h5H,3-4H2,1-2H3,(H,8,9,10). The van der Waals surface area contributed by atoms with Crippen molar-refractivity contribution in [2.75, 3.05) is 0 Å². The van der Waals surface area contributed by atoms with Crippen LogP contribution in [0.4, 0.5) is 0 Å². The van der Waals surface area contributed by atoms with Gasteiger partial charge in [0.25, 0.3) is 0 Å². The van der Waals surface area contributed by atoms with Gasteiger partial charge in [-0.3, -0.25) is 9.35 Å². The van der Waals surface area contributed by atoms with Crippen molar-refractivity contribution in [3.63, 3.8) is 0 Å².